The third kappa shape index (κ3) is 3.14. The van der Waals surface area contributed by atoms with Gasteiger partial charge < -0.3 is 5.73 Å². The number of hydrogen-bond acceptors (Lipinski definition) is 3. The maximum atomic E-state index is 12.6. The monoisotopic (exact) mass is 324 g/mol. The Morgan fingerprint density at radius 3 is 2.38 bits per heavy atom. The zero-order valence-electron chi connectivity index (χ0n) is 12.1. The van der Waals surface area contributed by atoms with Crippen molar-refractivity contribution >= 4 is 33.0 Å². The average Bonchev–Trinajstić information content (AvgIpc) is 2.37. The summed E-state index contributed by atoms with van der Waals surface area (Å²) in [7, 11) is -3.75. The molecule has 0 heterocycles. The Hall–Kier alpha value is -1.72. The molecule has 4 nitrogen and oxygen atoms in total. The van der Waals surface area contributed by atoms with E-state index in [2.05, 4.69) is 4.72 Å². The summed E-state index contributed by atoms with van der Waals surface area (Å²) in [4.78, 5) is 0.194. The van der Waals surface area contributed by atoms with E-state index in [9.17, 15) is 8.42 Å². The molecule has 0 unspecified atom stereocenters. The molecule has 0 amide bonds. The highest BCUT2D eigenvalue weighted by Gasteiger charge is 2.21. The summed E-state index contributed by atoms with van der Waals surface area (Å²) in [5, 5.41) is 0.359. The Morgan fingerprint density at radius 2 is 1.76 bits per heavy atom. The fourth-order valence-corrected chi connectivity index (χ4v) is 4.08. The predicted molar refractivity (Wildman–Crippen MR) is 87.3 cm³/mol. The Kier molecular flexibility index (Phi) is 4.16. The molecule has 21 heavy (non-hydrogen) atoms. The van der Waals surface area contributed by atoms with Crippen LogP contribution in [0.15, 0.2) is 35.2 Å². The van der Waals surface area contributed by atoms with Gasteiger partial charge in [0.25, 0.3) is 10.0 Å². The molecule has 0 atom stereocenters. The molecule has 0 aliphatic heterocycles. The van der Waals surface area contributed by atoms with E-state index in [-0.39, 0.29) is 4.90 Å². The minimum Gasteiger partial charge on any atom is -0.398 e. The summed E-state index contributed by atoms with van der Waals surface area (Å²) in [6.45, 7) is 5.31. The van der Waals surface area contributed by atoms with Gasteiger partial charge in [0.05, 0.1) is 15.6 Å². The van der Waals surface area contributed by atoms with Crippen LogP contribution in [-0.4, -0.2) is 8.42 Å². The summed E-state index contributed by atoms with van der Waals surface area (Å²) in [6.07, 6.45) is 0. The van der Waals surface area contributed by atoms with Crippen LogP contribution in [0.25, 0.3) is 0 Å². The number of nitrogens with two attached hydrogens (primary N) is 1. The Morgan fingerprint density at radius 1 is 1.10 bits per heavy atom. The molecule has 0 spiro atoms. The number of aryl methyl sites for hydroxylation is 2. The fraction of sp³-hybridized carbons (Fsp3) is 0.200. The van der Waals surface area contributed by atoms with Crippen molar-refractivity contribution in [2.24, 2.45) is 0 Å². The minimum absolute atomic E-state index is 0.194. The number of nitrogens with one attached hydrogen (secondary N) is 1. The zero-order chi connectivity index (χ0) is 15.8. The molecule has 0 saturated heterocycles. The van der Waals surface area contributed by atoms with Crippen LogP contribution in [0.1, 0.15) is 16.7 Å². The molecular formula is C15H17ClN2O2S. The third-order valence-corrected chi connectivity index (χ3v) is 5.25. The topological polar surface area (TPSA) is 72.2 Å². The molecule has 0 aliphatic rings. The van der Waals surface area contributed by atoms with E-state index in [1.807, 2.05) is 6.92 Å². The van der Waals surface area contributed by atoms with Crippen LogP contribution in [0.4, 0.5) is 11.4 Å². The van der Waals surface area contributed by atoms with Crippen molar-refractivity contribution in [3.8, 4) is 0 Å². The van der Waals surface area contributed by atoms with Crippen LogP contribution in [0.3, 0.4) is 0 Å². The molecule has 0 radical (unpaired) electrons. The molecule has 3 N–H and O–H groups in total. The molecule has 6 heteroatoms. The van der Waals surface area contributed by atoms with Crippen molar-refractivity contribution < 1.29 is 8.42 Å². The van der Waals surface area contributed by atoms with Gasteiger partial charge in [-0.15, -0.1) is 0 Å². The third-order valence-electron chi connectivity index (χ3n) is 3.28. The van der Waals surface area contributed by atoms with Gasteiger partial charge in [0.1, 0.15) is 0 Å². The summed E-state index contributed by atoms with van der Waals surface area (Å²) in [5.74, 6) is 0. The fourth-order valence-electron chi connectivity index (χ4n) is 2.15. The van der Waals surface area contributed by atoms with Crippen molar-refractivity contribution in [1.82, 2.24) is 0 Å². The molecule has 0 saturated carbocycles. The molecule has 0 bridgehead atoms. The van der Waals surface area contributed by atoms with E-state index in [1.54, 1.807) is 44.2 Å². The molecule has 0 aliphatic carbocycles. The maximum absolute atomic E-state index is 12.6. The van der Waals surface area contributed by atoms with Gasteiger partial charge in [-0.1, -0.05) is 23.7 Å². The summed E-state index contributed by atoms with van der Waals surface area (Å²) >= 11 is 6.08. The van der Waals surface area contributed by atoms with Gasteiger partial charge >= 0.3 is 0 Å². The highest BCUT2D eigenvalue weighted by molar-refractivity contribution is 7.92. The van der Waals surface area contributed by atoms with Crippen molar-refractivity contribution in [2.45, 2.75) is 25.7 Å². The number of anilines is 2. The van der Waals surface area contributed by atoms with E-state index in [4.69, 9.17) is 17.3 Å². The van der Waals surface area contributed by atoms with E-state index in [1.165, 1.54) is 0 Å². The van der Waals surface area contributed by atoms with Crippen molar-refractivity contribution in [2.75, 3.05) is 10.5 Å². The second kappa shape index (κ2) is 5.58. The molecule has 0 fully saturated rings. The first-order valence-electron chi connectivity index (χ1n) is 6.37. The van der Waals surface area contributed by atoms with Crippen LogP contribution < -0.4 is 10.5 Å². The van der Waals surface area contributed by atoms with Crippen LogP contribution in [0, 0.1) is 20.8 Å². The normalized spacial score (nSPS) is 11.4. The number of halogens is 1. The van der Waals surface area contributed by atoms with Gasteiger partial charge in [-0.25, -0.2) is 8.42 Å². The second-order valence-corrected chi connectivity index (χ2v) is 7.04. The lowest BCUT2D eigenvalue weighted by Gasteiger charge is -2.15. The van der Waals surface area contributed by atoms with E-state index >= 15 is 0 Å². The highest BCUT2D eigenvalue weighted by atomic mass is 35.5. The maximum Gasteiger partial charge on any atom is 0.262 e. The van der Waals surface area contributed by atoms with Crippen molar-refractivity contribution in [3.05, 3.63) is 52.0 Å². The summed E-state index contributed by atoms with van der Waals surface area (Å²) in [5.41, 5.74) is 8.73. The van der Waals surface area contributed by atoms with Gasteiger partial charge in [0.15, 0.2) is 0 Å². The van der Waals surface area contributed by atoms with E-state index < -0.39 is 10.0 Å². The molecule has 112 valence electrons. The van der Waals surface area contributed by atoms with E-state index in [0.29, 0.717) is 27.5 Å². The number of sulfonamides is 1. The standard InChI is InChI=1S/C15H17ClN2O2S/c1-9-4-7-14(12(16)8-9)18-21(19,20)15-10(2)5-6-13(17)11(15)3/h4-8,18H,17H2,1-3H3. The number of nitrogen functional groups attached to an aromatic ring is 1. The highest BCUT2D eigenvalue weighted by Crippen LogP contribution is 2.29. The molecule has 2 rings (SSSR count). The Bertz CT molecular complexity index is 802. The average molecular weight is 325 g/mol. The molecule has 2 aromatic carbocycles. The smallest absolute Gasteiger partial charge is 0.262 e. The lowest BCUT2D eigenvalue weighted by atomic mass is 10.1. The van der Waals surface area contributed by atoms with E-state index in [0.717, 1.165) is 5.56 Å². The van der Waals surface area contributed by atoms with Crippen LogP contribution in [0.5, 0.6) is 0 Å². The number of rotatable bonds is 3. The minimum atomic E-state index is -3.75. The number of benzene rings is 2. The lowest BCUT2D eigenvalue weighted by molar-refractivity contribution is 0.600. The van der Waals surface area contributed by atoms with Gasteiger partial charge in [0.2, 0.25) is 0 Å². The Labute approximate surface area is 130 Å². The molecule has 2 aromatic rings. The predicted octanol–water partition coefficient (Wildman–Crippen LogP) is 3.65. The van der Waals surface area contributed by atoms with Crippen LogP contribution in [0.2, 0.25) is 5.02 Å². The summed E-state index contributed by atoms with van der Waals surface area (Å²) in [6, 6.07) is 8.53. The van der Waals surface area contributed by atoms with Gasteiger partial charge in [-0.2, -0.15) is 0 Å². The largest absolute Gasteiger partial charge is 0.398 e. The van der Waals surface area contributed by atoms with Crippen LogP contribution >= 0.6 is 11.6 Å². The van der Waals surface area contributed by atoms with Crippen LogP contribution in [-0.2, 0) is 10.0 Å². The van der Waals surface area contributed by atoms with Crippen molar-refractivity contribution in [1.29, 1.82) is 0 Å². The Balaban J connectivity index is 2.51. The lowest BCUT2D eigenvalue weighted by Crippen LogP contribution is -2.16. The first-order chi connectivity index (χ1) is 9.72. The molecule has 0 aromatic heterocycles. The summed E-state index contributed by atoms with van der Waals surface area (Å²) < 4.78 is 27.7. The van der Waals surface area contributed by atoms with Gasteiger partial charge in [0, 0.05) is 5.69 Å². The second-order valence-electron chi connectivity index (χ2n) is 5.01. The van der Waals surface area contributed by atoms with Gasteiger partial charge in [-0.3, -0.25) is 4.72 Å². The first kappa shape index (κ1) is 15.7. The zero-order valence-corrected chi connectivity index (χ0v) is 13.6. The van der Waals surface area contributed by atoms with Crippen molar-refractivity contribution in [3.63, 3.8) is 0 Å². The first-order valence-corrected chi connectivity index (χ1v) is 8.23. The number of hydrogen-bond donors (Lipinski definition) is 2. The SMILES string of the molecule is Cc1ccc(NS(=O)(=O)c2c(C)ccc(N)c2C)c(Cl)c1. The quantitative estimate of drug-likeness (QED) is 0.846. The van der Waals surface area contributed by atoms with Gasteiger partial charge in [-0.05, 0) is 55.7 Å². The molecular weight excluding hydrogens is 308 g/mol.